The molecule has 1 aromatic carbocycles. The van der Waals surface area contributed by atoms with Crippen molar-refractivity contribution in [2.75, 3.05) is 6.54 Å². The first-order valence-electron chi connectivity index (χ1n) is 9.61. The summed E-state index contributed by atoms with van der Waals surface area (Å²) in [5.74, 6) is 0.172. The SMILES string of the molecule is O=C(CCN1C(=O)NC2(CCCC2)C1=O)NC(c1ccccc1)c1ccco1. The number of benzene rings is 1. The number of hydrogen-bond acceptors (Lipinski definition) is 4. The minimum atomic E-state index is -0.742. The van der Waals surface area contributed by atoms with Crippen LogP contribution in [0.2, 0.25) is 0 Å². The van der Waals surface area contributed by atoms with Gasteiger partial charge in [-0.05, 0) is 30.5 Å². The topological polar surface area (TPSA) is 91.7 Å². The largest absolute Gasteiger partial charge is 0.467 e. The van der Waals surface area contributed by atoms with Crippen molar-refractivity contribution in [3.05, 3.63) is 60.1 Å². The second-order valence-corrected chi connectivity index (χ2v) is 7.35. The first kappa shape index (κ1) is 18.3. The maximum absolute atomic E-state index is 12.7. The van der Waals surface area contributed by atoms with Crippen LogP contribution in [-0.4, -0.2) is 34.8 Å². The summed E-state index contributed by atoms with van der Waals surface area (Å²) in [7, 11) is 0. The van der Waals surface area contributed by atoms with Crippen LogP contribution in [0.25, 0.3) is 0 Å². The van der Waals surface area contributed by atoms with E-state index in [1.807, 2.05) is 30.3 Å². The molecule has 146 valence electrons. The molecule has 2 fully saturated rings. The number of amides is 4. The highest BCUT2D eigenvalue weighted by Crippen LogP contribution is 2.35. The third-order valence-electron chi connectivity index (χ3n) is 5.53. The third kappa shape index (κ3) is 3.40. The van der Waals surface area contributed by atoms with E-state index < -0.39 is 17.6 Å². The number of urea groups is 1. The lowest BCUT2D eigenvalue weighted by atomic mass is 9.98. The Morgan fingerprint density at radius 3 is 2.57 bits per heavy atom. The third-order valence-corrected chi connectivity index (χ3v) is 5.53. The molecule has 1 atom stereocenters. The Labute approximate surface area is 163 Å². The fourth-order valence-electron chi connectivity index (χ4n) is 4.06. The van der Waals surface area contributed by atoms with E-state index in [9.17, 15) is 14.4 Å². The van der Waals surface area contributed by atoms with Crippen molar-refractivity contribution in [1.82, 2.24) is 15.5 Å². The van der Waals surface area contributed by atoms with Gasteiger partial charge in [0, 0.05) is 13.0 Å². The molecule has 2 heterocycles. The van der Waals surface area contributed by atoms with Gasteiger partial charge in [-0.25, -0.2) is 4.79 Å². The van der Waals surface area contributed by atoms with E-state index in [0.717, 1.165) is 18.4 Å². The summed E-state index contributed by atoms with van der Waals surface area (Å²) in [6.07, 6.45) is 4.82. The Bertz CT molecular complexity index is 857. The second-order valence-electron chi connectivity index (χ2n) is 7.35. The lowest BCUT2D eigenvalue weighted by Crippen LogP contribution is -2.44. The zero-order valence-corrected chi connectivity index (χ0v) is 15.5. The molecule has 1 saturated carbocycles. The number of nitrogens with one attached hydrogen (secondary N) is 2. The number of nitrogens with zero attached hydrogens (tertiary/aromatic N) is 1. The number of furan rings is 1. The Balaban J connectivity index is 1.41. The van der Waals surface area contributed by atoms with Crippen LogP contribution in [0.4, 0.5) is 4.79 Å². The van der Waals surface area contributed by atoms with E-state index in [0.29, 0.717) is 18.6 Å². The van der Waals surface area contributed by atoms with Gasteiger partial charge >= 0.3 is 6.03 Å². The molecular formula is C21H23N3O4. The van der Waals surface area contributed by atoms with E-state index in [-0.39, 0.29) is 24.8 Å². The molecule has 28 heavy (non-hydrogen) atoms. The fraction of sp³-hybridized carbons (Fsp3) is 0.381. The number of imide groups is 1. The van der Waals surface area contributed by atoms with Gasteiger partial charge in [-0.2, -0.15) is 0 Å². The van der Waals surface area contributed by atoms with E-state index in [1.165, 1.54) is 4.90 Å². The molecule has 1 spiro atoms. The molecule has 1 aliphatic heterocycles. The lowest BCUT2D eigenvalue weighted by Gasteiger charge is -2.20. The molecule has 2 N–H and O–H groups in total. The molecule has 4 amide bonds. The number of hydrogen-bond donors (Lipinski definition) is 2. The normalized spacial score (nSPS) is 19.1. The maximum Gasteiger partial charge on any atom is 0.325 e. The summed E-state index contributed by atoms with van der Waals surface area (Å²) >= 11 is 0. The molecule has 1 aliphatic carbocycles. The van der Waals surface area contributed by atoms with Crippen LogP contribution in [0.1, 0.15) is 49.5 Å². The molecule has 2 aromatic rings. The smallest absolute Gasteiger partial charge is 0.325 e. The van der Waals surface area contributed by atoms with Crippen LogP contribution in [0.3, 0.4) is 0 Å². The summed E-state index contributed by atoms with van der Waals surface area (Å²) in [6, 6.07) is 12.3. The first-order chi connectivity index (χ1) is 13.6. The zero-order valence-electron chi connectivity index (χ0n) is 15.5. The van der Waals surface area contributed by atoms with Crippen molar-refractivity contribution in [3.63, 3.8) is 0 Å². The summed E-state index contributed by atoms with van der Waals surface area (Å²) in [4.78, 5) is 38.7. The van der Waals surface area contributed by atoms with Crippen LogP contribution in [-0.2, 0) is 9.59 Å². The Kier molecular flexibility index (Phi) is 4.90. The summed E-state index contributed by atoms with van der Waals surface area (Å²) < 4.78 is 5.48. The standard InChI is InChI=1S/C21H23N3O4/c25-17(10-13-24-19(26)21(23-20(24)27)11-4-5-12-21)22-18(16-9-6-14-28-16)15-7-2-1-3-8-15/h1-3,6-9,14,18H,4-5,10-13H2,(H,22,25)(H,23,27). The average molecular weight is 381 g/mol. The number of carbonyl (C=O) groups excluding carboxylic acids is 3. The van der Waals surface area contributed by atoms with Crippen LogP contribution in [0, 0.1) is 0 Å². The lowest BCUT2D eigenvalue weighted by molar-refractivity contribution is -0.131. The van der Waals surface area contributed by atoms with E-state index in [4.69, 9.17) is 4.42 Å². The van der Waals surface area contributed by atoms with E-state index in [2.05, 4.69) is 10.6 Å². The fourth-order valence-corrected chi connectivity index (χ4v) is 4.06. The molecule has 1 saturated heterocycles. The Morgan fingerprint density at radius 2 is 1.89 bits per heavy atom. The van der Waals surface area contributed by atoms with Crippen molar-refractivity contribution in [3.8, 4) is 0 Å². The predicted molar refractivity (Wildman–Crippen MR) is 101 cm³/mol. The van der Waals surface area contributed by atoms with Gasteiger partial charge in [-0.1, -0.05) is 43.2 Å². The van der Waals surface area contributed by atoms with Crippen LogP contribution >= 0.6 is 0 Å². The number of rotatable bonds is 6. The van der Waals surface area contributed by atoms with Gasteiger partial charge in [-0.15, -0.1) is 0 Å². The highest BCUT2D eigenvalue weighted by atomic mass is 16.3. The van der Waals surface area contributed by atoms with Crippen molar-refractivity contribution in [2.45, 2.75) is 43.7 Å². The monoisotopic (exact) mass is 381 g/mol. The molecule has 2 aliphatic rings. The predicted octanol–water partition coefficient (Wildman–Crippen LogP) is 2.74. The van der Waals surface area contributed by atoms with Crippen molar-refractivity contribution >= 4 is 17.8 Å². The van der Waals surface area contributed by atoms with Gasteiger partial charge in [0.1, 0.15) is 17.3 Å². The van der Waals surface area contributed by atoms with Gasteiger partial charge in [0.25, 0.3) is 5.91 Å². The molecular weight excluding hydrogens is 358 g/mol. The summed E-state index contributed by atoms with van der Waals surface area (Å²) in [5, 5.41) is 5.78. The highest BCUT2D eigenvalue weighted by Gasteiger charge is 2.52. The van der Waals surface area contributed by atoms with E-state index >= 15 is 0 Å². The van der Waals surface area contributed by atoms with Crippen molar-refractivity contribution < 1.29 is 18.8 Å². The maximum atomic E-state index is 12.7. The Morgan fingerprint density at radius 1 is 1.14 bits per heavy atom. The van der Waals surface area contributed by atoms with Crippen molar-refractivity contribution in [2.24, 2.45) is 0 Å². The summed E-state index contributed by atoms with van der Waals surface area (Å²) in [5.41, 5.74) is 0.152. The number of carbonyl (C=O) groups is 3. The zero-order chi connectivity index (χ0) is 19.6. The molecule has 1 unspecified atom stereocenters. The second kappa shape index (κ2) is 7.50. The highest BCUT2D eigenvalue weighted by molar-refractivity contribution is 6.07. The van der Waals surface area contributed by atoms with Gasteiger partial charge in [0.05, 0.1) is 6.26 Å². The summed E-state index contributed by atoms with van der Waals surface area (Å²) in [6.45, 7) is 0.0674. The van der Waals surface area contributed by atoms with Gasteiger partial charge in [-0.3, -0.25) is 14.5 Å². The Hall–Kier alpha value is -3.09. The first-order valence-corrected chi connectivity index (χ1v) is 9.61. The van der Waals surface area contributed by atoms with Crippen LogP contribution in [0.5, 0.6) is 0 Å². The van der Waals surface area contributed by atoms with Crippen LogP contribution < -0.4 is 10.6 Å². The minimum absolute atomic E-state index is 0.0410. The van der Waals surface area contributed by atoms with Gasteiger partial charge < -0.3 is 15.1 Å². The molecule has 7 nitrogen and oxygen atoms in total. The molecule has 7 heteroatoms. The molecule has 1 aromatic heterocycles. The van der Waals surface area contributed by atoms with Crippen LogP contribution in [0.15, 0.2) is 53.1 Å². The minimum Gasteiger partial charge on any atom is -0.467 e. The molecule has 0 bridgehead atoms. The molecule has 4 rings (SSSR count). The van der Waals surface area contributed by atoms with Gasteiger partial charge in [0.15, 0.2) is 0 Å². The molecule has 0 radical (unpaired) electrons. The van der Waals surface area contributed by atoms with Crippen molar-refractivity contribution in [1.29, 1.82) is 0 Å². The average Bonchev–Trinajstić information content (AvgIpc) is 3.43. The quantitative estimate of drug-likeness (QED) is 0.753. The van der Waals surface area contributed by atoms with E-state index in [1.54, 1.807) is 18.4 Å². The van der Waals surface area contributed by atoms with Gasteiger partial charge in [0.2, 0.25) is 5.91 Å².